The number of aryl methyl sites for hydroxylation is 2. The second-order valence-corrected chi connectivity index (χ2v) is 18.9. The molecule has 0 fully saturated rings. The van der Waals surface area contributed by atoms with E-state index in [4.69, 9.17) is 0 Å². The normalized spacial score (nSPS) is 14.5. The van der Waals surface area contributed by atoms with Crippen molar-refractivity contribution in [3.8, 4) is 28.3 Å². The van der Waals surface area contributed by atoms with E-state index < -0.39 is 5.97 Å². The standard InChI is InChI=1S/C52H40N2O2S2/c1-51(2)44-11-7-5-9-40(44)42-21-18-36(28-46(42)51)54(37-19-22-43-41-10-6-8-12-45(41)52(3,4)47(43)29-37)35-16-13-31(14-17-35)15-20-38-23-32-26-49-33(27-48(32)57-38)24-39(58-49)25-34(30-53)50(55)56/h5-14,16-19,21-29H,15,20H2,1-4H3,(H,55,56)/b34-25+. The number of hydrogen-bond donors (Lipinski definition) is 1. The number of fused-ring (bicyclic) bond motifs is 8. The second kappa shape index (κ2) is 13.4. The van der Waals surface area contributed by atoms with Crippen LogP contribution < -0.4 is 4.90 Å². The minimum Gasteiger partial charge on any atom is -0.477 e. The quantitative estimate of drug-likeness (QED) is 0.123. The molecule has 0 unspecified atom stereocenters. The molecule has 0 bridgehead atoms. The zero-order valence-electron chi connectivity index (χ0n) is 32.8. The molecule has 8 aromatic rings. The number of carbonyl (C=O) groups is 1. The first-order valence-corrected chi connectivity index (χ1v) is 21.3. The Morgan fingerprint density at radius 1 is 0.621 bits per heavy atom. The number of carboxylic acid groups (broad SMARTS) is 1. The van der Waals surface area contributed by atoms with Crippen LogP contribution in [0.25, 0.3) is 48.5 Å². The highest BCUT2D eigenvalue weighted by atomic mass is 32.1. The van der Waals surface area contributed by atoms with Gasteiger partial charge in [-0.1, -0.05) is 100 Å². The lowest BCUT2D eigenvalue weighted by atomic mass is 9.82. The molecule has 2 aliphatic carbocycles. The average molecular weight is 789 g/mol. The van der Waals surface area contributed by atoms with Gasteiger partial charge in [0.1, 0.15) is 11.6 Å². The van der Waals surface area contributed by atoms with Crippen molar-refractivity contribution in [2.75, 3.05) is 4.90 Å². The Hall–Kier alpha value is -6.26. The maximum atomic E-state index is 11.4. The molecule has 0 saturated carbocycles. The van der Waals surface area contributed by atoms with Crippen molar-refractivity contribution >= 4 is 72.0 Å². The lowest BCUT2D eigenvalue weighted by Crippen LogP contribution is -2.18. The summed E-state index contributed by atoms with van der Waals surface area (Å²) in [7, 11) is 0. The maximum Gasteiger partial charge on any atom is 0.346 e. The number of rotatable bonds is 8. The zero-order valence-corrected chi connectivity index (χ0v) is 34.4. The number of thiophene rings is 2. The van der Waals surface area contributed by atoms with E-state index in [0.29, 0.717) is 0 Å². The Labute approximate surface area is 346 Å². The van der Waals surface area contributed by atoms with Crippen molar-refractivity contribution in [3.63, 3.8) is 0 Å². The molecule has 1 N–H and O–H groups in total. The van der Waals surface area contributed by atoms with Gasteiger partial charge in [0.05, 0.1) is 0 Å². The topological polar surface area (TPSA) is 64.3 Å². The predicted octanol–water partition coefficient (Wildman–Crippen LogP) is 14.0. The van der Waals surface area contributed by atoms with E-state index in [9.17, 15) is 15.2 Å². The molecule has 2 aromatic heterocycles. The summed E-state index contributed by atoms with van der Waals surface area (Å²) in [5, 5.41) is 20.7. The van der Waals surface area contributed by atoms with Gasteiger partial charge in [-0.05, 0) is 140 Å². The fourth-order valence-electron chi connectivity index (χ4n) is 9.32. The van der Waals surface area contributed by atoms with Gasteiger partial charge in [-0.2, -0.15) is 5.26 Å². The molecular formula is C52H40N2O2S2. The van der Waals surface area contributed by atoms with Crippen LogP contribution in [0.5, 0.6) is 0 Å². The summed E-state index contributed by atoms with van der Waals surface area (Å²) in [6.07, 6.45) is 3.32. The summed E-state index contributed by atoms with van der Waals surface area (Å²) in [6.45, 7) is 9.39. The highest BCUT2D eigenvalue weighted by Gasteiger charge is 2.37. The second-order valence-electron chi connectivity index (χ2n) is 16.6. The molecule has 0 aliphatic heterocycles. The number of hydrogen-bond acceptors (Lipinski definition) is 5. The first-order valence-electron chi connectivity index (χ1n) is 19.7. The Morgan fingerprint density at radius 3 is 1.71 bits per heavy atom. The third kappa shape index (κ3) is 5.80. The first kappa shape index (κ1) is 36.1. The molecule has 4 nitrogen and oxygen atoms in total. The fourth-order valence-corrected chi connectivity index (χ4v) is 11.4. The van der Waals surface area contributed by atoms with Gasteiger partial charge in [0.25, 0.3) is 0 Å². The molecule has 2 aliphatic rings. The van der Waals surface area contributed by atoms with Crippen LogP contribution in [-0.2, 0) is 28.5 Å². The Bertz CT molecular complexity index is 2910. The molecule has 10 rings (SSSR count). The van der Waals surface area contributed by atoms with Gasteiger partial charge in [-0.15, -0.1) is 22.7 Å². The summed E-state index contributed by atoms with van der Waals surface area (Å²) >= 11 is 3.32. The molecule has 0 spiro atoms. The van der Waals surface area contributed by atoms with E-state index in [-0.39, 0.29) is 16.4 Å². The summed E-state index contributed by atoms with van der Waals surface area (Å²) in [5.41, 5.74) is 15.0. The van der Waals surface area contributed by atoms with Crippen molar-refractivity contribution in [1.29, 1.82) is 5.26 Å². The van der Waals surface area contributed by atoms with Crippen molar-refractivity contribution < 1.29 is 9.90 Å². The van der Waals surface area contributed by atoms with Crippen LogP contribution in [0.2, 0.25) is 0 Å². The number of anilines is 3. The molecule has 0 atom stereocenters. The van der Waals surface area contributed by atoms with Crippen LogP contribution in [0.4, 0.5) is 17.1 Å². The zero-order chi connectivity index (χ0) is 39.9. The predicted molar refractivity (Wildman–Crippen MR) is 242 cm³/mol. The van der Waals surface area contributed by atoms with E-state index in [1.54, 1.807) is 6.07 Å². The minimum absolute atomic E-state index is 0.106. The average Bonchev–Trinajstić information content (AvgIpc) is 3.94. The van der Waals surface area contributed by atoms with Gasteiger partial charge in [0, 0.05) is 47.0 Å². The van der Waals surface area contributed by atoms with Gasteiger partial charge >= 0.3 is 5.97 Å². The summed E-state index contributed by atoms with van der Waals surface area (Å²) < 4.78 is 2.29. The Kier molecular flexibility index (Phi) is 8.35. The van der Waals surface area contributed by atoms with Crippen LogP contribution in [0.1, 0.15) is 65.3 Å². The first-order chi connectivity index (χ1) is 28.0. The number of nitrogens with zero attached hydrogens (tertiary/aromatic N) is 2. The lowest BCUT2D eigenvalue weighted by Gasteiger charge is -2.30. The Morgan fingerprint density at radius 2 is 1.14 bits per heavy atom. The summed E-state index contributed by atoms with van der Waals surface area (Å²) in [6, 6.07) is 51.2. The molecule has 58 heavy (non-hydrogen) atoms. The van der Waals surface area contributed by atoms with Crippen LogP contribution in [-0.4, -0.2) is 11.1 Å². The third-order valence-electron chi connectivity index (χ3n) is 12.4. The van der Waals surface area contributed by atoms with Crippen LogP contribution in [0, 0.1) is 11.3 Å². The van der Waals surface area contributed by atoms with Crippen molar-refractivity contribution in [1.82, 2.24) is 0 Å². The molecule has 0 radical (unpaired) electrons. The van der Waals surface area contributed by atoms with Gasteiger partial charge in [-0.3, -0.25) is 0 Å². The monoisotopic (exact) mass is 788 g/mol. The highest BCUT2D eigenvalue weighted by molar-refractivity contribution is 7.21. The van der Waals surface area contributed by atoms with E-state index in [1.165, 1.54) is 82.4 Å². The molecule has 0 amide bonds. The van der Waals surface area contributed by atoms with E-state index >= 15 is 0 Å². The van der Waals surface area contributed by atoms with Gasteiger partial charge in [0.2, 0.25) is 0 Å². The molecule has 0 saturated heterocycles. The van der Waals surface area contributed by atoms with E-state index in [0.717, 1.165) is 44.9 Å². The summed E-state index contributed by atoms with van der Waals surface area (Å²) in [4.78, 5) is 15.9. The highest BCUT2D eigenvalue weighted by Crippen LogP contribution is 2.53. The molecule has 6 aromatic carbocycles. The van der Waals surface area contributed by atoms with E-state index in [1.807, 2.05) is 17.4 Å². The molecule has 6 heteroatoms. The van der Waals surface area contributed by atoms with Crippen LogP contribution in [0.3, 0.4) is 0 Å². The Balaban J connectivity index is 0.966. The largest absolute Gasteiger partial charge is 0.477 e. The fraction of sp³-hybridized carbons (Fsp3) is 0.154. The SMILES string of the molecule is CC1(C)c2ccccc2-c2ccc(N(c3ccc(CCc4cc5cc6sc(/C=C(\C#N)C(=O)O)cc6cc5s4)cc3)c3ccc4c(c3)C(C)(C)c3ccccc3-4)cc21. The van der Waals surface area contributed by atoms with Crippen LogP contribution in [0.15, 0.2) is 139 Å². The van der Waals surface area contributed by atoms with E-state index in [2.05, 4.69) is 160 Å². The maximum absolute atomic E-state index is 11.4. The lowest BCUT2D eigenvalue weighted by molar-refractivity contribution is -0.132. The van der Waals surface area contributed by atoms with Crippen molar-refractivity contribution in [3.05, 3.63) is 177 Å². The van der Waals surface area contributed by atoms with Crippen molar-refractivity contribution in [2.45, 2.75) is 51.4 Å². The number of carboxylic acids is 1. The van der Waals surface area contributed by atoms with Gasteiger partial charge < -0.3 is 10.0 Å². The number of aliphatic carboxylic acids is 1. The van der Waals surface area contributed by atoms with Crippen molar-refractivity contribution in [2.24, 2.45) is 0 Å². The van der Waals surface area contributed by atoms with Crippen LogP contribution >= 0.6 is 22.7 Å². The summed E-state index contributed by atoms with van der Waals surface area (Å²) in [5.74, 6) is -1.21. The minimum atomic E-state index is -1.21. The van der Waals surface area contributed by atoms with Gasteiger partial charge in [-0.25, -0.2) is 4.79 Å². The molecule has 282 valence electrons. The van der Waals surface area contributed by atoms with Gasteiger partial charge in [0.15, 0.2) is 0 Å². The number of nitriles is 1. The molecular weight excluding hydrogens is 749 g/mol. The number of benzene rings is 6. The molecule has 2 heterocycles. The smallest absolute Gasteiger partial charge is 0.346 e. The third-order valence-corrected chi connectivity index (χ3v) is 14.6.